The molecule has 11 heavy (non-hydrogen) atoms. The van der Waals surface area contributed by atoms with Crippen molar-refractivity contribution >= 4 is 29.5 Å². The molecule has 1 heterocycles. The summed E-state index contributed by atoms with van der Waals surface area (Å²) in [6.45, 7) is 0. The van der Waals surface area contributed by atoms with Crippen LogP contribution in [0.4, 0.5) is 0 Å². The molecular weight excluding hydrogens is 189 g/mol. The van der Waals surface area contributed by atoms with Crippen molar-refractivity contribution in [2.45, 2.75) is 0 Å². The van der Waals surface area contributed by atoms with Crippen molar-refractivity contribution in [3.63, 3.8) is 0 Å². The number of rotatable bonds is 1. The number of hydrogen-bond donors (Lipinski definition) is 0. The molecule has 1 aromatic heterocycles. The van der Waals surface area contributed by atoms with Gasteiger partial charge in [0.2, 0.25) is 0 Å². The summed E-state index contributed by atoms with van der Waals surface area (Å²) in [7, 11) is 0. The number of carbonyl (C=O) groups is 1. The van der Waals surface area contributed by atoms with Gasteiger partial charge < -0.3 is 0 Å². The lowest BCUT2D eigenvalue weighted by atomic mass is 10.4. The van der Waals surface area contributed by atoms with Crippen molar-refractivity contribution in [2.24, 2.45) is 0 Å². The van der Waals surface area contributed by atoms with E-state index in [1.165, 1.54) is 18.6 Å². The molecule has 0 fully saturated rings. The van der Waals surface area contributed by atoms with Crippen LogP contribution in [0.25, 0.3) is 0 Å². The normalized spacial score (nSPS) is 9.27. The van der Waals surface area contributed by atoms with E-state index >= 15 is 0 Å². The van der Waals surface area contributed by atoms with Crippen LogP contribution in [0.3, 0.4) is 0 Å². The molecule has 0 spiro atoms. The van der Waals surface area contributed by atoms with Gasteiger partial charge in [-0.1, -0.05) is 0 Å². The van der Waals surface area contributed by atoms with Crippen LogP contribution in [0.15, 0.2) is 18.6 Å². The van der Waals surface area contributed by atoms with Crippen molar-refractivity contribution in [2.75, 3.05) is 0 Å². The Morgan fingerprint density at radius 2 is 2.18 bits per heavy atom. The molecular formula is C5H3Cl2N3O. The minimum atomic E-state index is -0.596. The van der Waals surface area contributed by atoms with Gasteiger partial charge in [0.1, 0.15) is 5.69 Å². The largest absolute Gasteiger partial charge is 0.303 e. The lowest BCUT2D eigenvalue weighted by molar-refractivity contribution is 0.0918. The molecule has 1 aromatic rings. The molecule has 1 amide bonds. The minimum absolute atomic E-state index is 0.109. The van der Waals surface area contributed by atoms with E-state index in [4.69, 9.17) is 23.6 Å². The molecule has 4 nitrogen and oxygen atoms in total. The van der Waals surface area contributed by atoms with Gasteiger partial charge >= 0.3 is 5.91 Å². The number of halogens is 2. The second kappa shape index (κ2) is 3.50. The van der Waals surface area contributed by atoms with E-state index in [0.29, 0.717) is 3.94 Å². The fraction of sp³-hybridized carbons (Fsp3) is 0. The quantitative estimate of drug-likeness (QED) is 0.628. The average molecular weight is 192 g/mol. The zero-order valence-electron chi connectivity index (χ0n) is 5.24. The molecule has 1 rings (SSSR count). The number of hydrogen-bond acceptors (Lipinski definition) is 3. The Morgan fingerprint density at radius 3 is 2.64 bits per heavy atom. The molecule has 0 bridgehead atoms. The zero-order valence-corrected chi connectivity index (χ0v) is 6.75. The maximum atomic E-state index is 10.9. The van der Waals surface area contributed by atoms with E-state index in [1.54, 1.807) is 0 Å². The maximum absolute atomic E-state index is 10.9. The van der Waals surface area contributed by atoms with Gasteiger partial charge in [0, 0.05) is 35.9 Å². The average Bonchev–Trinajstić information content (AvgIpc) is 2.05. The predicted octanol–water partition coefficient (Wildman–Crippen LogP) is 1.23. The molecule has 0 saturated heterocycles. The highest BCUT2D eigenvalue weighted by Gasteiger charge is 2.12. The second-order valence-electron chi connectivity index (χ2n) is 1.63. The van der Waals surface area contributed by atoms with Gasteiger partial charge in [0.05, 0.1) is 6.20 Å². The summed E-state index contributed by atoms with van der Waals surface area (Å²) in [4.78, 5) is 18.2. The first-order valence-electron chi connectivity index (χ1n) is 2.64. The van der Waals surface area contributed by atoms with Crippen LogP contribution in [-0.2, 0) is 0 Å². The van der Waals surface area contributed by atoms with Crippen LogP contribution in [0, 0.1) is 0 Å². The van der Waals surface area contributed by atoms with Crippen LogP contribution in [0.5, 0.6) is 0 Å². The van der Waals surface area contributed by atoms with Gasteiger partial charge in [0.15, 0.2) is 0 Å². The van der Waals surface area contributed by atoms with Crippen molar-refractivity contribution in [1.29, 1.82) is 0 Å². The third-order valence-electron chi connectivity index (χ3n) is 0.936. The fourth-order valence-electron chi connectivity index (χ4n) is 0.496. The minimum Gasteiger partial charge on any atom is -0.264 e. The van der Waals surface area contributed by atoms with Gasteiger partial charge in [-0.05, 0) is 0 Å². The lowest BCUT2D eigenvalue weighted by Gasteiger charge is -2.00. The van der Waals surface area contributed by atoms with Gasteiger partial charge in [-0.15, -0.1) is 0 Å². The van der Waals surface area contributed by atoms with Crippen LogP contribution in [-0.4, -0.2) is 19.8 Å². The van der Waals surface area contributed by atoms with Crippen molar-refractivity contribution < 1.29 is 4.79 Å². The lowest BCUT2D eigenvalue weighted by Crippen LogP contribution is -2.12. The SMILES string of the molecule is O=C(c1cnccn1)N(Cl)Cl. The Morgan fingerprint density at radius 1 is 1.45 bits per heavy atom. The van der Waals surface area contributed by atoms with E-state index in [2.05, 4.69) is 9.97 Å². The molecule has 0 radical (unpaired) electrons. The number of carbonyl (C=O) groups excluding carboxylic acids is 1. The summed E-state index contributed by atoms with van der Waals surface area (Å²) in [6.07, 6.45) is 4.11. The van der Waals surface area contributed by atoms with Crippen molar-refractivity contribution in [1.82, 2.24) is 13.9 Å². The van der Waals surface area contributed by atoms with Crippen molar-refractivity contribution in [3.8, 4) is 0 Å². The molecule has 0 N–H and O–H groups in total. The summed E-state index contributed by atoms with van der Waals surface area (Å²) in [6, 6.07) is 0. The summed E-state index contributed by atoms with van der Waals surface area (Å²) >= 11 is 10.3. The standard InChI is InChI=1S/C5H3Cl2N3O/c6-10(7)5(11)4-3-8-1-2-9-4/h1-3H. The number of nitrogens with zero attached hydrogens (tertiary/aromatic N) is 3. The summed E-state index contributed by atoms with van der Waals surface area (Å²) in [5.74, 6) is -0.596. The topological polar surface area (TPSA) is 46.1 Å². The Balaban J connectivity index is 2.86. The first-order valence-corrected chi connectivity index (χ1v) is 3.31. The van der Waals surface area contributed by atoms with Crippen LogP contribution in [0.1, 0.15) is 10.5 Å². The molecule has 0 unspecified atom stereocenters. The predicted molar refractivity (Wildman–Crippen MR) is 39.9 cm³/mol. The van der Waals surface area contributed by atoms with E-state index < -0.39 is 5.91 Å². The summed E-state index contributed by atoms with van der Waals surface area (Å²) in [5.41, 5.74) is 0.109. The second-order valence-corrected chi connectivity index (χ2v) is 2.48. The molecule has 0 atom stereocenters. The van der Waals surface area contributed by atoms with Crippen LogP contribution in [0.2, 0.25) is 0 Å². The molecule has 0 aliphatic heterocycles. The van der Waals surface area contributed by atoms with Crippen molar-refractivity contribution in [3.05, 3.63) is 24.3 Å². The third-order valence-corrected chi connectivity index (χ3v) is 1.24. The summed E-state index contributed by atoms with van der Waals surface area (Å²) < 4.78 is 0.407. The van der Waals surface area contributed by atoms with Crippen LogP contribution < -0.4 is 0 Å². The zero-order chi connectivity index (χ0) is 8.27. The first kappa shape index (κ1) is 8.23. The van der Waals surface area contributed by atoms with E-state index in [9.17, 15) is 4.79 Å². The Labute approximate surface area is 73.0 Å². The highest BCUT2D eigenvalue weighted by Crippen LogP contribution is 2.05. The van der Waals surface area contributed by atoms with Gasteiger partial charge in [0.25, 0.3) is 0 Å². The van der Waals surface area contributed by atoms with Crippen LogP contribution >= 0.6 is 23.6 Å². The number of amides is 1. The molecule has 58 valence electrons. The third kappa shape index (κ3) is 2.03. The highest BCUT2D eigenvalue weighted by molar-refractivity contribution is 6.42. The van der Waals surface area contributed by atoms with E-state index in [0.717, 1.165) is 0 Å². The first-order chi connectivity index (χ1) is 5.22. The number of aromatic nitrogens is 2. The van der Waals surface area contributed by atoms with E-state index in [-0.39, 0.29) is 5.69 Å². The smallest absolute Gasteiger partial charge is 0.264 e. The molecule has 0 aromatic carbocycles. The molecule has 0 aliphatic rings. The monoisotopic (exact) mass is 191 g/mol. The molecule has 0 saturated carbocycles. The van der Waals surface area contributed by atoms with Gasteiger partial charge in [-0.25, -0.2) is 4.98 Å². The fourth-order valence-corrected chi connectivity index (χ4v) is 0.669. The Bertz CT molecular complexity index is 251. The summed E-state index contributed by atoms with van der Waals surface area (Å²) in [5, 5.41) is 0. The highest BCUT2D eigenvalue weighted by atomic mass is 35.5. The maximum Gasteiger partial charge on any atom is 0.303 e. The van der Waals surface area contributed by atoms with Gasteiger partial charge in [-0.3, -0.25) is 9.78 Å². The molecule has 0 aliphatic carbocycles. The molecule has 6 heteroatoms. The van der Waals surface area contributed by atoms with Gasteiger partial charge in [-0.2, -0.15) is 3.94 Å². The Kier molecular flexibility index (Phi) is 2.62. The van der Waals surface area contributed by atoms with E-state index in [1.807, 2.05) is 0 Å². The Hall–Kier alpha value is -0.870.